The second-order valence-corrected chi connectivity index (χ2v) is 5.30. The molecule has 3 nitrogen and oxygen atoms in total. The van der Waals surface area contributed by atoms with Crippen molar-refractivity contribution in [2.45, 2.75) is 12.8 Å². The average molecular weight is 327 g/mol. The highest BCUT2D eigenvalue weighted by Crippen LogP contribution is 2.23. The summed E-state index contributed by atoms with van der Waals surface area (Å²) in [5.41, 5.74) is 0.924. The van der Waals surface area contributed by atoms with Crippen LogP contribution in [0.4, 0.5) is 14.5 Å². The van der Waals surface area contributed by atoms with Crippen LogP contribution in [-0.4, -0.2) is 5.91 Å². The smallest absolute Gasteiger partial charge is 0.224 e. The number of amides is 1. The molecule has 0 saturated carbocycles. The molecule has 1 amide bonds. The van der Waals surface area contributed by atoms with Gasteiger partial charge in [-0.05, 0) is 48.5 Å². The summed E-state index contributed by atoms with van der Waals surface area (Å²) in [5, 5.41) is 2.53. The number of carbonyl (C=O) groups is 1. The Labute approximate surface area is 137 Å². The Balaban J connectivity index is 1.58. The van der Waals surface area contributed by atoms with E-state index in [1.165, 1.54) is 24.3 Å². The fourth-order valence-corrected chi connectivity index (χ4v) is 2.29. The molecule has 3 aromatic rings. The van der Waals surface area contributed by atoms with Gasteiger partial charge in [-0.1, -0.05) is 12.1 Å². The van der Waals surface area contributed by atoms with Gasteiger partial charge in [0, 0.05) is 18.4 Å². The van der Waals surface area contributed by atoms with Gasteiger partial charge in [0.15, 0.2) is 0 Å². The van der Waals surface area contributed by atoms with E-state index in [9.17, 15) is 13.6 Å². The second kappa shape index (κ2) is 7.08. The number of para-hydroxylation sites is 1. The van der Waals surface area contributed by atoms with Gasteiger partial charge in [-0.3, -0.25) is 4.79 Å². The van der Waals surface area contributed by atoms with Crippen molar-refractivity contribution < 1.29 is 18.0 Å². The van der Waals surface area contributed by atoms with Crippen LogP contribution in [0.25, 0.3) is 11.3 Å². The molecule has 0 aliphatic carbocycles. The Morgan fingerprint density at radius 2 is 1.71 bits per heavy atom. The summed E-state index contributed by atoms with van der Waals surface area (Å²) in [4.78, 5) is 11.9. The van der Waals surface area contributed by atoms with Crippen LogP contribution in [0.1, 0.15) is 12.2 Å². The SMILES string of the molecule is O=C(CCc1ccc(-c2ccc(F)cc2)o1)Nc1ccccc1F. The maximum Gasteiger partial charge on any atom is 0.224 e. The Hall–Kier alpha value is -2.95. The van der Waals surface area contributed by atoms with Gasteiger partial charge in [-0.2, -0.15) is 0 Å². The number of benzene rings is 2. The normalized spacial score (nSPS) is 10.6. The van der Waals surface area contributed by atoms with E-state index in [1.54, 1.807) is 36.4 Å². The van der Waals surface area contributed by atoms with Gasteiger partial charge in [0.2, 0.25) is 5.91 Å². The molecule has 0 aliphatic rings. The molecule has 0 aliphatic heterocycles. The molecule has 0 saturated heterocycles. The first-order valence-electron chi connectivity index (χ1n) is 7.51. The van der Waals surface area contributed by atoms with E-state index in [2.05, 4.69) is 5.32 Å². The van der Waals surface area contributed by atoms with E-state index in [0.29, 0.717) is 17.9 Å². The second-order valence-electron chi connectivity index (χ2n) is 5.30. The third kappa shape index (κ3) is 3.87. The van der Waals surface area contributed by atoms with E-state index >= 15 is 0 Å². The topological polar surface area (TPSA) is 42.2 Å². The molecular weight excluding hydrogens is 312 g/mol. The molecule has 5 heteroatoms. The molecule has 0 spiro atoms. The maximum atomic E-state index is 13.5. The Morgan fingerprint density at radius 1 is 0.958 bits per heavy atom. The van der Waals surface area contributed by atoms with Crippen molar-refractivity contribution >= 4 is 11.6 Å². The van der Waals surface area contributed by atoms with Crippen LogP contribution < -0.4 is 5.32 Å². The van der Waals surface area contributed by atoms with Crippen molar-refractivity contribution in [2.24, 2.45) is 0 Å². The largest absolute Gasteiger partial charge is 0.461 e. The third-order valence-corrected chi connectivity index (χ3v) is 3.54. The zero-order valence-electron chi connectivity index (χ0n) is 12.8. The minimum atomic E-state index is -0.470. The first-order chi connectivity index (χ1) is 11.6. The number of rotatable bonds is 5. The Bertz CT molecular complexity index is 841. The number of hydrogen-bond acceptors (Lipinski definition) is 2. The zero-order valence-corrected chi connectivity index (χ0v) is 12.8. The standard InChI is InChI=1S/C19H15F2NO2/c20-14-7-5-13(6-8-14)18-11-9-15(24-18)10-12-19(23)22-17-4-2-1-3-16(17)21/h1-9,11H,10,12H2,(H,22,23). The van der Waals surface area contributed by atoms with Crippen LogP contribution in [0, 0.1) is 11.6 Å². The molecule has 0 fully saturated rings. The summed E-state index contributed by atoms with van der Waals surface area (Å²) < 4.78 is 32.1. The van der Waals surface area contributed by atoms with E-state index in [0.717, 1.165) is 5.56 Å². The number of nitrogens with one attached hydrogen (secondary N) is 1. The van der Waals surface area contributed by atoms with Gasteiger partial charge < -0.3 is 9.73 Å². The minimum absolute atomic E-state index is 0.161. The molecule has 0 radical (unpaired) electrons. The molecule has 24 heavy (non-hydrogen) atoms. The molecular formula is C19H15F2NO2. The number of halogens is 2. The minimum Gasteiger partial charge on any atom is -0.461 e. The number of anilines is 1. The van der Waals surface area contributed by atoms with Gasteiger partial charge in [0.05, 0.1) is 5.69 Å². The number of carbonyl (C=O) groups excluding carboxylic acids is 1. The van der Waals surface area contributed by atoms with Crippen molar-refractivity contribution in [1.82, 2.24) is 0 Å². The summed E-state index contributed by atoms with van der Waals surface area (Å²) >= 11 is 0. The van der Waals surface area contributed by atoms with Gasteiger partial charge in [0.25, 0.3) is 0 Å². The predicted molar refractivity (Wildman–Crippen MR) is 87.5 cm³/mol. The highest BCUT2D eigenvalue weighted by molar-refractivity contribution is 5.90. The summed E-state index contributed by atoms with van der Waals surface area (Å²) in [6.07, 6.45) is 0.562. The Morgan fingerprint density at radius 3 is 2.46 bits per heavy atom. The number of hydrogen-bond donors (Lipinski definition) is 1. The summed E-state index contributed by atoms with van der Waals surface area (Å²) in [5.74, 6) is 0.176. The van der Waals surface area contributed by atoms with Gasteiger partial charge >= 0.3 is 0 Å². The lowest BCUT2D eigenvalue weighted by Gasteiger charge is -2.05. The molecule has 122 valence electrons. The summed E-state index contributed by atoms with van der Waals surface area (Å²) in [6, 6.07) is 15.5. The lowest BCUT2D eigenvalue weighted by Crippen LogP contribution is -2.13. The van der Waals surface area contributed by atoms with Crippen LogP contribution >= 0.6 is 0 Å². The molecule has 0 atom stereocenters. The van der Waals surface area contributed by atoms with Crippen LogP contribution in [-0.2, 0) is 11.2 Å². The molecule has 2 aromatic carbocycles. The van der Waals surface area contributed by atoms with Crippen molar-refractivity contribution in [1.29, 1.82) is 0 Å². The first kappa shape index (κ1) is 15.9. The van der Waals surface area contributed by atoms with Gasteiger partial charge in [0.1, 0.15) is 23.2 Å². The molecule has 3 rings (SSSR count). The van der Waals surface area contributed by atoms with Crippen molar-refractivity contribution in [3.05, 3.63) is 78.1 Å². The van der Waals surface area contributed by atoms with Gasteiger partial charge in [-0.25, -0.2) is 8.78 Å². The van der Waals surface area contributed by atoms with Crippen molar-refractivity contribution in [3.63, 3.8) is 0 Å². The predicted octanol–water partition coefficient (Wildman–Crippen LogP) is 4.80. The zero-order chi connectivity index (χ0) is 16.9. The highest BCUT2D eigenvalue weighted by Gasteiger charge is 2.09. The lowest BCUT2D eigenvalue weighted by atomic mass is 10.2. The van der Waals surface area contributed by atoms with Crippen LogP contribution in [0.3, 0.4) is 0 Å². The lowest BCUT2D eigenvalue weighted by molar-refractivity contribution is -0.116. The van der Waals surface area contributed by atoms with Crippen molar-refractivity contribution in [3.8, 4) is 11.3 Å². The van der Waals surface area contributed by atoms with E-state index in [4.69, 9.17) is 4.42 Å². The van der Waals surface area contributed by atoms with Crippen LogP contribution in [0.15, 0.2) is 65.1 Å². The quantitative estimate of drug-likeness (QED) is 0.731. The highest BCUT2D eigenvalue weighted by atomic mass is 19.1. The van der Waals surface area contributed by atoms with E-state index in [1.807, 2.05) is 0 Å². The third-order valence-electron chi connectivity index (χ3n) is 3.54. The van der Waals surface area contributed by atoms with Crippen molar-refractivity contribution in [2.75, 3.05) is 5.32 Å². The maximum absolute atomic E-state index is 13.5. The number of aryl methyl sites for hydroxylation is 1. The summed E-state index contributed by atoms with van der Waals surface area (Å²) in [6.45, 7) is 0. The average Bonchev–Trinajstić information content (AvgIpc) is 3.05. The van der Waals surface area contributed by atoms with E-state index in [-0.39, 0.29) is 23.8 Å². The molecule has 1 aromatic heterocycles. The van der Waals surface area contributed by atoms with Gasteiger partial charge in [-0.15, -0.1) is 0 Å². The fraction of sp³-hybridized carbons (Fsp3) is 0.105. The van der Waals surface area contributed by atoms with Crippen LogP contribution in [0.2, 0.25) is 0 Å². The monoisotopic (exact) mass is 327 g/mol. The molecule has 1 N–H and O–H groups in total. The molecule has 0 bridgehead atoms. The van der Waals surface area contributed by atoms with Crippen LogP contribution in [0.5, 0.6) is 0 Å². The Kier molecular flexibility index (Phi) is 4.70. The van der Waals surface area contributed by atoms with E-state index < -0.39 is 5.82 Å². The first-order valence-corrected chi connectivity index (χ1v) is 7.51. The summed E-state index contributed by atoms with van der Waals surface area (Å²) in [7, 11) is 0. The molecule has 0 unspecified atom stereocenters. The molecule has 1 heterocycles. The number of furan rings is 1. The fourth-order valence-electron chi connectivity index (χ4n) is 2.29.